The summed E-state index contributed by atoms with van der Waals surface area (Å²) >= 11 is 1.35. The molecule has 1 aromatic heterocycles. The Labute approximate surface area is 140 Å². The van der Waals surface area contributed by atoms with Gasteiger partial charge in [-0.3, -0.25) is 5.41 Å². The number of halogens is 3. The number of thiazole rings is 1. The van der Waals surface area contributed by atoms with Gasteiger partial charge in [-0.15, -0.1) is 11.3 Å². The van der Waals surface area contributed by atoms with E-state index >= 15 is 0 Å². The summed E-state index contributed by atoms with van der Waals surface area (Å²) in [5, 5.41) is 19.0. The molecule has 2 aromatic rings. The fourth-order valence-corrected chi connectivity index (χ4v) is 3.44. The van der Waals surface area contributed by atoms with Gasteiger partial charge in [0.05, 0.1) is 23.4 Å². The zero-order valence-corrected chi connectivity index (χ0v) is 13.7. The Bertz CT molecular complexity index is 835. The number of anilines is 1. The lowest BCUT2D eigenvalue weighted by Gasteiger charge is -2.20. The highest BCUT2D eigenvalue weighted by molar-refractivity contribution is 7.13. The second kappa shape index (κ2) is 5.62. The van der Waals surface area contributed by atoms with E-state index in [0.717, 1.165) is 22.7 Å². The molecule has 3 rings (SSSR count). The first-order valence-electron chi connectivity index (χ1n) is 7.08. The monoisotopic (exact) mass is 353 g/mol. The fraction of sp³-hybridized carbons (Fsp3) is 0.250. The van der Waals surface area contributed by atoms with Crippen molar-refractivity contribution in [1.29, 1.82) is 5.41 Å². The third-order valence-corrected chi connectivity index (χ3v) is 4.92. The predicted molar refractivity (Wildman–Crippen MR) is 87.7 cm³/mol. The van der Waals surface area contributed by atoms with Crippen LogP contribution in [0.2, 0.25) is 0 Å². The van der Waals surface area contributed by atoms with Crippen LogP contribution in [-0.4, -0.2) is 22.5 Å². The van der Waals surface area contributed by atoms with E-state index in [9.17, 15) is 18.3 Å². The molecule has 0 unspecified atom stereocenters. The van der Waals surface area contributed by atoms with Gasteiger partial charge in [0.15, 0.2) is 0 Å². The minimum absolute atomic E-state index is 0.0485. The lowest BCUT2D eigenvalue weighted by atomic mass is 10.2. The molecule has 0 atom stereocenters. The average molecular weight is 353 g/mol. The van der Waals surface area contributed by atoms with Crippen molar-refractivity contribution in [2.24, 2.45) is 0 Å². The van der Waals surface area contributed by atoms with Crippen LogP contribution in [0.1, 0.15) is 21.1 Å². The Balaban J connectivity index is 1.96. The third kappa shape index (κ3) is 2.77. The minimum atomic E-state index is -4.46. The third-order valence-electron chi connectivity index (χ3n) is 3.83. The van der Waals surface area contributed by atoms with Gasteiger partial charge in [-0.2, -0.15) is 13.2 Å². The predicted octanol–water partition coefficient (Wildman–Crippen LogP) is 4.55. The SMILES string of the molecule is Cc1nc(C2=C(O)CN(c3cccc(C(F)(F)F)c3)C2=N)sc1C. The molecule has 8 heteroatoms. The summed E-state index contributed by atoms with van der Waals surface area (Å²) in [5.41, 5.74) is 0.497. The van der Waals surface area contributed by atoms with E-state index in [-0.39, 0.29) is 29.4 Å². The smallest absolute Gasteiger partial charge is 0.416 e. The summed E-state index contributed by atoms with van der Waals surface area (Å²) in [5.74, 6) is -0.119. The van der Waals surface area contributed by atoms with Crippen LogP contribution >= 0.6 is 11.3 Å². The Hall–Kier alpha value is -2.35. The van der Waals surface area contributed by atoms with Crippen molar-refractivity contribution >= 4 is 28.4 Å². The molecule has 0 bridgehead atoms. The number of alkyl halides is 3. The van der Waals surface area contributed by atoms with Crippen LogP contribution in [0.25, 0.3) is 5.57 Å². The van der Waals surface area contributed by atoms with E-state index in [0.29, 0.717) is 5.01 Å². The Morgan fingerprint density at radius 2 is 2.00 bits per heavy atom. The van der Waals surface area contributed by atoms with Crippen molar-refractivity contribution in [2.75, 3.05) is 11.4 Å². The molecule has 0 saturated heterocycles. The number of aliphatic hydroxyl groups excluding tert-OH is 1. The molecule has 4 nitrogen and oxygen atoms in total. The first-order valence-corrected chi connectivity index (χ1v) is 7.90. The molecule has 24 heavy (non-hydrogen) atoms. The quantitative estimate of drug-likeness (QED) is 0.833. The Kier molecular flexibility index (Phi) is 3.87. The topological polar surface area (TPSA) is 60.2 Å². The summed E-state index contributed by atoms with van der Waals surface area (Å²) in [6.07, 6.45) is -4.46. The van der Waals surface area contributed by atoms with Crippen LogP contribution in [0.3, 0.4) is 0 Å². The first kappa shape index (κ1) is 16.5. The molecule has 1 aromatic carbocycles. The largest absolute Gasteiger partial charge is 0.510 e. The normalized spacial score (nSPS) is 15.5. The zero-order valence-electron chi connectivity index (χ0n) is 12.9. The van der Waals surface area contributed by atoms with E-state index < -0.39 is 11.7 Å². The maximum Gasteiger partial charge on any atom is 0.416 e. The van der Waals surface area contributed by atoms with Crippen molar-refractivity contribution in [3.05, 3.63) is 51.2 Å². The van der Waals surface area contributed by atoms with Crippen LogP contribution in [-0.2, 0) is 6.18 Å². The maximum atomic E-state index is 12.9. The number of aryl methyl sites for hydroxylation is 2. The van der Waals surface area contributed by atoms with Gasteiger partial charge in [0, 0.05) is 10.6 Å². The van der Waals surface area contributed by atoms with Crippen molar-refractivity contribution in [3.63, 3.8) is 0 Å². The standard InChI is InChI=1S/C16H14F3N3OS/c1-8-9(2)24-15(21-8)13-12(23)7-22(14(13)20)11-5-3-4-10(6-11)16(17,18)19/h3-6,20,23H,7H2,1-2H3. The van der Waals surface area contributed by atoms with Crippen molar-refractivity contribution < 1.29 is 18.3 Å². The highest BCUT2D eigenvalue weighted by atomic mass is 32.1. The second-order valence-corrected chi connectivity index (χ2v) is 6.67. The first-order chi connectivity index (χ1) is 11.2. The summed E-state index contributed by atoms with van der Waals surface area (Å²) in [7, 11) is 0. The highest BCUT2D eigenvalue weighted by Crippen LogP contribution is 2.36. The fourth-order valence-electron chi connectivity index (χ4n) is 2.45. The summed E-state index contributed by atoms with van der Waals surface area (Å²) in [6.45, 7) is 3.67. The second-order valence-electron chi connectivity index (χ2n) is 5.47. The van der Waals surface area contributed by atoms with Crippen LogP contribution < -0.4 is 4.90 Å². The van der Waals surface area contributed by atoms with Gasteiger partial charge in [0.25, 0.3) is 0 Å². The highest BCUT2D eigenvalue weighted by Gasteiger charge is 2.34. The molecule has 126 valence electrons. The van der Waals surface area contributed by atoms with Crippen LogP contribution in [0.15, 0.2) is 30.0 Å². The van der Waals surface area contributed by atoms with Crippen LogP contribution in [0.4, 0.5) is 18.9 Å². The average Bonchev–Trinajstić information content (AvgIpc) is 2.98. The number of benzene rings is 1. The van der Waals surface area contributed by atoms with Crippen molar-refractivity contribution in [3.8, 4) is 0 Å². The van der Waals surface area contributed by atoms with E-state index in [1.54, 1.807) is 0 Å². The van der Waals surface area contributed by atoms with Gasteiger partial charge in [-0.05, 0) is 32.0 Å². The molecular weight excluding hydrogens is 339 g/mol. The summed E-state index contributed by atoms with van der Waals surface area (Å²) in [6, 6.07) is 4.73. The minimum Gasteiger partial charge on any atom is -0.510 e. The molecule has 2 heterocycles. The number of aliphatic hydroxyl groups is 1. The lowest BCUT2D eigenvalue weighted by Crippen LogP contribution is -2.26. The number of hydrogen-bond donors (Lipinski definition) is 2. The van der Waals surface area contributed by atoms with Gasteiger partial charge in [-0.25, -0.2) is 4.98 Å². The zero-order chi connectivity index (χ0) is 17.6. The summed E-state index contributed by atoms with van der Waals surface area (Å²) in [4.78, 5) is 6.64. The van der Waals surface area contributed by atoms with E-state index in [1.807, 2.05) is 13.8 Å². The molecule has 0 radical (unpaired) electrons. The van der Waals surface area contributed by atoms with Crippen LogP contribution in [0, 0.1) is 19.3 Å². The van der Waals surface area contributed by atoms with Gasteiger partial charge in [-0.1, -0.05) is 6.07 Å². The lowest BCUT2D eigenvalue weighted by molar-refractivity contribution is -0.137. The van der Waals surface area contributed by atoms with Gasteiger partial charge in [0.1, 0.15) is 16.6 Å². The maximum absolute atomic E-state index is 12.9. The Morgan fingerprint density at radius 1 is 1.29 bits per heavy atom. The van der Waals surface area contributed by atoms with Crippen molar-refractivity contribution in [1.82, 2.24) is 4.98 Å². The molecule has 0 spiro atoms. The van der Waals surface area contributed by atoms with E-state index in [2.05, 4.69) is 4.98 Å². The molecule has 1 aliphatic heterocycles. The van der Waals surface area contributed by atoms with Crippen LogP contribution in [0.5, 0.6) is 0 Å². The molecule has 0 aliphatic carbocycles. The molecule has 0 saturated carbocycles. The number of rotatable bonds is 2. The number of aromatic nitrogens is 1. The number of hydrogen-bond acceptors (Lipinski definition) is 4. The molecule has 1 aliphatic rings. The number of nitrogens with zero attached hydrogens (tertiary/aromatic N) is 2. The molecule has 2 N–H and O–H groups in total. The van der Waals surface area contributed by atoms with Gasteiger partial charge < -0.3 is 10.0 Å². The van der Waals surface area contributed by atoms with E-state index in [4.69, 9.17) is 5.41 Å². The van der Waals surface area contributed by atoms with E-state index in [1.165, 1.54) is 28.4 Å². The molecule has 0 fully saturated rings. The molecular formula is C16H14F3N3OS. The van der Waals surface area contributed by atoms with Crippen molar-refractivity contribution in [2.45, 2.75) is 20.0 Å². The molecule has 0 amide bonds. The summed E-state index contributed by atoms with van der Waals surface area (Å²) < 4.78 is 38.6. The van der Waals surface area contributed by atoms with Gasteiger partial charge >= 0.3 is 6.18 Å². The number of nitrogens with one attached hydrogen (secondary N) is 1. The Morgan fingerprint density at radius 3 is 2.58 bits per heavy atom. The van der Waals surface area contributed by atoms with Gasteiger partial charge in [0.2, 0.25) is 0 Å². The number of amidine groups is 1.